The van der Waals surface area contributed by atoms with E-state index < -0.39 is 5.82 Å². The molecule has 0 aromatic heterocycles. The van der Waals surface area contributed by atoms with E-state index in [1.807, 2.05) is 0 Å². The molecule has 0 spiro atoms. The lowest BCUT2D eigenvalue weighted by molar-refractivity contribution is -0.116. The van der Waals surface area contributed by atoms with Crippen molar-refractivity contribution in [2.75, 3.05) is 7.11 Å². The third-order valence-corrected chi connectivity index (χ3v) is 2.18. The predicted octanol–water partition coefficient (Wildman–Crippen LogP) is 2.62. The highest BCUT2D eigenvalue weighted by Gasteiger charge is 2.10. The van der Waals surface area contributed by atoms with E-state index in [9.17, 15) is 9.18 Å². The molecule has 0 aliphatic heterocycles. The van der Waals surface area contributed by atoms with E-state index in [0.717, 1.165) is 0 Å². The molecule has 4 heteroatoms. The van der Waals surface area contributed by atoms with Crippen LogP contribution in [-0.2, 0) is 11.2 Å². The number of carbonyl (C=O) groups is 1. The van der Waals surface area contributed by atoms with Crippen LogP contribution in [0.5, 0.6) is 5.75 Å². The number of benzene rings is 1. The molecule has 0 fully saturated rings. The van der Waals surface area contributed by atoms with Crippen molar-refractivity contribution in [3.63, 3.8) is 0 Å². The van der Waals surface area contributed by atoms with Crippen molar-refractivity contribution in [1.29, 1.82) is 0 Å². The molecule has 0 bridgehead atoms. The first kappa shape index (κ1) is 11.0. The molecule has 76 valence electrons. The minimum Gasteiger partial charge on any atom is -0.497 e. The maximum absolute atomic E-state index is 13.2. The first-order chi connectivity index (χ1) is 6.54. The Balaban J connectivity index is 3.13. The molecule has 0 unspecified atom stereocenters. The molecule has 0 aliphatic rings. The number of Topliss-reactive ketones (excluding diaryl/α,β-unsaturated/α-hetero) is 1. The predicted molar refractivity (Wildman–Crippen MR) is 52.3 cm³/mol. The lowest BCUT2D eigenvalue weighted by Crippen LogP contribution is -1.99. The van der Waals surface area contributed by atoms with Gasteiger partial charge in [-0.1, -0.05) is 11.6 Å². The molecule has 14 heavy (non-hydrogen) atoms. The zero-order valence-corrected chi connectivity index (χ0v) is 8.69. The number of hydrogen-bond donors (Lipinski definition) is 0. The van der Waals surface area contributed by atoms with E-state index in [4.69, 9.17) is 16.3 Å². The topological polar surface area (TPSA) is 26.3 Å². The molecular weight excluding hydrogens is 207 g/mol. The first-order valence-corrected chi connectivity index (χ1v) is 4.43. The lowest BCUT2D eigenvalue weighted by Gasteiger charge is -2.06. The van der Waals surface area contributed by atoms with Crippen LogP contribution in [0.3, 0.4) is 0 Å². The van der Waals surface area contributed by atoms with Crippen molar-refractivity contribution in [3.05, 3.63) is 28.5 Å². The molecule has 0 heterocycles. The van der Waals surface area contributed by atoms with E-state index in [1.54, 1.807) is 6.07 Å². The number of ether oxygens (including phenoxy) is 1. The fraction of sp³-hybridized carbons (Fsp3) is 0.300. The van der Waals surface area contributed by atoms with Gasteiger partial charge >= 0.3 is 0 Å². The second-order valence-corrected chi connectivity index (χ2v) is 3.34. The molecule has 0 N–H and O–H groups in total. The Morgan fingerprint density at radius 1 is 1.57 bits per heavy atom. The van der Waals surface area contributed by atoms with Gasteiger partial charge in [0, 0.05) is 12.5 Å². The van der Waals surface area contributed by atoms with E-state index >= 15 is 0 Å². The normalized spacial score (nSPS) is 10.0. The highest BCUT2D eigenvalue weighted by Crippen LogP contribution is 2.26. The van der Waals surface area contributed by atoms with Crippen LogP contribution < -0.4 is 4.74 Å². The number of rotatable bonds is 3. The summed E-state index contributed by atoms with van der Waals surface area (Å²) in [5.41, 5.74) is 0.455. The second-order valence-electron chi connectivity index (χ2n) is 2.96. The highest BCUT2D eigenvalue weighted by molar-refractivity contribution is 6.31. The summed E-state index contributed by atoms with van der Waals surface area (Å²) in [7, 11) is 1.43. The molecule has 1 aromatic rings. The van der Waals surface area contributed by atoms with Crippen LogP contribution >= 0.6 is 11.6 Å². The minimum absolute atomic E-state index is 0.0130. The van der Waals surface area contributed by atoms with E-state index in [0.29, 0.717) is 11.3 Å². The number of carbonyl (C=O) groups excluding carboxylic acids is 1. The summed E-state index contributed by atoms with van der Waals surface area (Å²) in [6.45, 7) is 1.42. The zero-order valence-electron chi connectivity index (χ0n) is 7.93. The minimum atomic E-state index is -0.567. The van der Waals surface area contributed by atoms with Gasteiger partial charge in [-0.3, -0.25) is 4.79 Å². The second kappa shape index (κ2) is 4.42. The number of methoxy groups -OCH3 is 1. The zero-order chi connectivity index (χ0) is 10.7. The van der Waals surface area contributed by atoms with Gasteiger partial charge in [-0.2, -0.15) is 0 Å². The summed E-state index contributed by atoms with van der Waals surface area (Å²) in [5, 5.41) is -0.0130. The van der Waals surface area contributed by atoms with Crippen LogP contribution in [0.2, 0.25) is 5.02 Å². The van der Waals surface area contributed by atoms with Crippen molar-refractivity contribution in [3.8, 4) is 5.75 Å². The van der Waals surface area contributed by atoms with Gasteiger partial charge in [-0.25, -0.2) is 4.39 Å². The van der Waals surface area contributed by atoms with Crippen LogP contribution in [0.25, 0.3) is 0 Å². The third kappa shape index (κ3) is 2.45. The number of ketones is 1. The van der Waals surface area contributed by atoms with Gasteiger partial charge in [-0.15, -0.1) is 0 Å². The summed E-state index contributed by atoms with van der Waals surface area (Å²) in [5.74, 6) is -0.273. The summed E-state index contributed by atoms with van der Waals surface area (Å²) >= 11 is 5.68. The quantitative estimate of drug-likeness (QED) is 0.777. The fourth-order valence-electron chi connectivity index (χ4n) is 1.13. The van der Waals surface area contributed by atoms with Gasteiger partial charge in [-0.05, 0) is 18.6 Å². The average Bonchev–Trinajstić information content (AvgIpc) is 2.11. The first-order valence-electron chi connectivity index (χ1n) is 4.06. The molecule has 0 aliphatic carbocycles. The van der Waals surface area contributed by atoms with E-state index in [2.05, 4.69) is 0 Å². The molecule has 1 rings (SSSR count). The van der Waals surface area contributed by atoms with Crippen LogP contribution in [0, 0.1) is 5.82 Å². The molecule has 0 atom stereocenters. The Morgan fingerprint density at radius 2 is 2.21 bits per heavy atom. The van der Waals surface area contributed by atoms with Crippen LogP contribution in [0.15, 0.2) is 12.1 Å². The van der Waals surface area contributed by atoms with Crippen LogP contribution in [-0.4, -0.2) is 12.9 Å². The Hall–Kier alpha value is -1.09. The molecule has 0 amide bonds. The Bertz CT molecular complexity index is 363. The van der Waals surface area contributed by atoms with E-state index in [-0.39, 0.29) is 17.2 Å². The van der Waals surface area contributed by atoms with Gasteiger partial charge in [0.2, 0.25) is 0 Å². The van der Waals surface area contributed by atoms with Gasteiger partial charge in [0.1, 0.15) is 17.3 Å². The maximum Gasteiger partial charge on any atom is 0.145 e. The number of hydrogen-bond acceptors (Lipinski definition) is 2. The van der Waals surface area contributed by atoms with Crippen molar-refractivity contribution in [2.24, 2.45) is 0 Å². The molecular formula is C10H10ClFO2. The monoisotopic (exact) mass is 216 g/mol. The van der Waals surface area contributed by atoms with Crippen LogP contribution in [0.4, 0.5) is 4.39 Å². The Kier molecular flexibility index (Phi) is 3.47. The van der Waals surface area contributed by atoms with Gasteiger partial charge in [0.25, 0.3) is 0 Å². The molecule has 0 saturated heterocycles. The van der Waals surface area contributed by atoms with Crippen molar-refractivity contribution in [1.82, 2.24) is 0 Å². The standard InChI is InChI=1S/C10H10ClFO2/c1-6(13)3-7-4-8(14-2)5-9(12)10(7)11/h4-5H,3H2,1-2H3. The molecule has 0 saturated carbocycles. The van der Waals surface area contributed by atoms with Crippen molar-refractivity contribution in [2.45, 2.75) is 13.3 Å². The van der Waals surface area contributed by atoms with Gasteiger partial charge in [0.15, 0.2) is 0 Å². The van der Waals surface area contributed by atoms with Crippen molar-refractivity contribution >= 4 is 17.4 Å². The Morgan fingerprint density at radius 3 is 2.71 bits per heavy atom. The van der Waals surface area contributed by atoms with E-state index in [1.165, 1.54) is 20.1 Å². The highest BCUT2D eigenvalue weighted by atomic mass is 35.5. The molecule has 0 radical (unpaired) electrons. The van der Waals surface area contributed by atoms with Gasteiger partial charge < -0.3 is 4.74 Å². The van der Waals surface area contributed by atoms with Gasteiger partial charge in [0.05, 0.1) is 12.1 Å². The SMILES string of the molecule is COc1cc(F)c(Cl)c(CC(C)=O)c1. The van der Waals surface area contributed by atoms with Crippen LogP contribution in [0.1, 0.15) is 12.5 Å². The summed E-state index contributed by atoms with van der Waals surface area (Å²) in [6.07, 6.45) is 0.118. The van der Waals surface area contributed by atoms with Crippen molar-refractivity contribution < 1.29 is 13.9 Å². The largest absolute Gasteiger partial charge is 0.497 e. The lowest BCUT2D eigenvalue weighted by atomic mass is 10.1. The fourth-order valence-corrected chi connectivity index (χ4v) is 1.31. The summed E-state index contributed by atoms with van der Waals surface area (Å²) < 4.78 is 18.0. The molecule has 1 aromatic carbocycles. The molecule has 2 nitrogen and oxygen atoms in total. The average molecular weight is 217 g/mol. The number of halogens is 2. The summed E-state index contributed by atoms with van der Waals surface area (Å²) in [6, 6.07) is 2.75. The maximum atomic E-state index is 13.2. The third-order valence-electron chi connectivity index (χ3n) is 1.75. The Labute approximate surface area is 86.6 Å². The smallest absolute Gasteiger partial charge is 0.145 e. The summed E-state index contributed by atoms with van der Waals surface area (Å²) in [4.78, 5) is 10.9.